The van der Waals surface area contributed by atoms with Crippen LogP contribution in [0.15, 0.2) is 42.0 Å². The van der Waals surface area contributed by atoms with Crippen LogP contribution in [-0.2, 0) is 17.8 Å². The van der Waals surface area contributed by atoms with E-state index in [1.165, 1.54) is 12.1 Å². The molecule has 0 saturated carbocycles. The van der Waals surface area contributed by atoms with E-state index in [2.05, 4.69) is 0 Å². The first kappa shape index (κ1) is 16.2. The lowest BCUT2D eigenvalue weighted by molar-refractivity contribution is -0.132. The maximum absolute atomic E-state index is 13.6. The third-order valence-corrected chi connectivity index (χ3v) is 4.02. The highest BCUT2D eigenvalue weighted by molar-refractivity contribution is 5.92. The summed E-state index contributed by atoms with van der Waals surface area (Å²) < 4.78 is 32.1. The van der Waals surface area contributed by atoms with Crippen molar-refractivity contribution >= 4 is 12.0 Å². The lowest BCUT2D eigenvalue weighted by Crippen LogP contribution is -2.00. The van der Waals surface area contributed by atoms with E-state index < -0.39 is 17.6 Å². The third kappa shape index (κ3) is 3.62. The summed E-state index contributed by atoms with van der Waals surface area (Å²) in [5.41, 5.74) is 2.50. The second-order valence-electron chi connectivity index (χ2n) is 5.71. The molecule has 0 unspecified atom stereocenters. The van der Waals surface area contributed by atoms with Crippen molar-refractivity contribution in [2.75, 3.05) is 0 Å². The number of carboxylic acids is 1. The van der Waals surface area contributed by atoms with Gasteiger partial charge in [-0.15, -0.1) is 0 Å². The minimum Gasteiger partial charge on any atom is -0.489 e. The summed E-state index contributed by atoms with van der Waals surface area (Å²) in [5.74, 6) is -1.69. The zero-order valence-electron chi connectivity index (χ0n) is 12.9. The van der Waals surface area contributed by atoms with E-state index in [4.69, 9.17) is 4.74 Å². The van der Waals surface area contributed by atoms with E-state index in [9.17, 15) is 18.7 Å². The molecule has 3 rings (SSSR count). The van der Waals surface area contributed by atoms with Crippen LogP contribution in [0, 0.1) is 11.6 Å². The Hall–Kier alpha value is -2.69. The van der Waals surface area contributed by atoms with Gasteiger partial charge in [-0.05, 0) is 60.7 Å². The van der Waals surface area contributed by atoms with E-state index in [-0.39, 0.29) is 12.2 Å². The predicted octanol–water partition coefficient (Wildman–Crippen LogP) is 4.35. The SMILES string of the molecule is O=C(O)C1=Cc2cc(OCc3ccc(F)cc3F)ccc2CCC1. The molecule has 0 fully saturated rings. The van der Waals surface area contributed by atoms with E-state index >= 15 is 0 Å². The Bertz CT molecular complexity index is 812. The van der Waals surface area contributed by atoms with Crippen LogP contribution in [0.2, 0.25) is 0 Å². The Labute approximate surface area is 138 Å². The van der Waals surface area contributed by atoms with Crippen molar-refractivity contribution in [2.45, 2.75) is 25.9 Å². The summed E-state index contributed by atoms with van der Waals surface area (Å²) in [5, 5.41) is 9.19. The second-order valence-corrected chi connectivity index (χ2v) is 5.71. The molecular formula is C19H16F2O3. The van der Waals surface area contributed by atoms with Gasteiger partial charge in [-0.1, -0.05) is 6.07 Å². The van der Waals surface area contributed by atoms with Crippen LogP contribution in [0.3, 0.4) is 0 Å². The van der Waals surface area contributed by atoms with E-state index in [1.54, 1.807) is 18.2 Å². The molecule has 1 N–H and O–H groups in total. The van der Waals surface area contributed by atoms with Crippen molar-refractivity contribution < 1.29 is 23.4 Å². The second kappa shape index (κ2) is 6.83. The molecule has 0 aromatic heterocycles. The van der Waals surface area contributed by atoms with Crippen LogP contribution in [0.25, 0.3) is 6.08 Å². The minimum atomic E-state index is -0.914. The molecule has 0 aliphatic heterocycles. The number of benzene rings is 2. The van der Waals surface area contributed by atoms with Gasteiger partial charge in [0.1, 0.15) is 24.0 Å². The maximum Gasteiger partial charge on any atom is 0.331 e. The highest BCUT2D eigenvalue weighted by Gasteiger charge is 2.14. The summed E-state index contributed by atoms with van der Waals surface area (Å²) in [4.78, 5) is 11.2. The first-order chi connectivity index (χ1) is 11.5. The van der Waals surface area contributed by atoms with Gasteiger partial charge in [0, 0.05) is 17.2 Å². The van der Waals surface area contributed by atoms with Gasteiger partial charge >= 0.3 is 5.97 Å². The number of fused-ring (bicyclic) bond motifs is 1. The summed E-state index contributed by atoms with van der Waals surface area (Å²) in [7, 11) is 0. The minimum absolute atomic E-state index is 0.0274. The standard InChI is InChI=1S/C19H16F2O3/c20-16-6-4-14(18(21)10-16)11-24-17-7-5-12-2-1-3-13(19(22)23)8-15(12)9-17/h4-10H,1-3,11H2,(H,22,23). The highest BCUT2D eigenvalue weighted by atomic mass is 19.1. The smallest absolute Gasteiger partial charge is 0.331 e. The third-order valence-electron chi connectivity index (χ3n) is 4.02. The fraction of sp³-hybridized carbons (Fsp3) is 0.211. The molecule has 3 nitrogen and oxygen atoms in total. The Morgan fingerprint density at radius 2 is 1.96 bits per heavy atom. The van der Waals surface area contributed by atoms with E-state index in [0.29, 0.717) is 17.7 Å². The van der Waals surface area contributed by atoms with E-state index in [0.717, 1.165) is 30.0 Å². The number of aryl methyl sites for hydroxylation is 1. The van der Waals surface area contributed by atoms with Gasteiger partial charge in [0.2, 0.25) is 0 Å². The van der Waals surface area contributed by atoms with E-state index in [1.807, 2.05) is 6.07 Å². The topological polar surface area (TPSA) is 46.5 Å². The molecule has 2 aromatic carbocycles. The molecule has 0 bridgehead atoms. The molecule has 1 aliphatic carbocycles. The van der Waals surface area contributed by atoms with Crippen LogP contribution >= 0.6 is 0 Å². The van der Waals surface area contributed by atoms with Crippen molar-refractivity contribution in [1.82, 2.24) is 0 Å². The van der Waals surface area contributed by atoms with Crippen LogP contribution in [0.1, 0.15) is 29.5 Å². The molecule has 0 heterocycles. The highest BCUT2D eigenvalue weighted by Crippen LogP contribution is 2.27. The Balaban J connectivity index is 1.80. The van der Waals surface area contributed by atoms with Gasteiger partial charge < -0.3 is 9.84 Å². The average Bonchev–Trinajstić information content (AvgIpc) is 2.76. The van der Waals surface area contributed by atoms with Crippen molar-refractivity contribution in [3.8, 4) is 5.75 Å². The first-order valence-corrected chi connectivity index (χ1v) is 7.66. The Morgan fingerprint density at radius 3 is 2.71 bits per heavy atom. The van der Waals surface area contributed by atoms with Gasteiger partial charge in [0.15, 0.2) is 0 Å². The zero-order chi connectivity index (χ0) is 17.1. The molecule has 124 valence electrons. The Kier molecular flexibility index (Phi) is 4.60. The largest absolute Gasteiger partial charge is 0.489 e. The molecule has 0 saturated heterocycles. The molecule has 0 amide bonds. The molecular weight excluding hydrogens is 314 g/mol. The molecule has 5 heteroatoms. The zero-order valence-corrected chi connectivity index (χ0v) is 12.9. The van der Waals surface area contributed by atoms with Crippen molar-refractivity contribution in [3.05, 3.63) is 70.3 Å². The van der Waals surface area contributed by atoms with Crippen molar-refractivity contribution in [1.29, 1.82) is 0 Å². The summed E-state index contributed by atoms with van der Waals surface area (Å²) in [6.07, 6.45) is 3.78. The van der Waals surface area contributed by atoms with Crippen molar-refractivity contribution in [2.24, 2.45) is 0 Å². The van der Waals surface area contributed by atoms with Crippen LogP contribution in [-0.4, -0.2) is 11.1 Å². The van der Waals surface area contributed by atoms with Crippen LogP contribution < -0.4 is 4.74 Å². The number of aliphatic carboxylic acids is 1. The molecule has 24 heavy (non-hydrogen) atoms. The van der Waals surface area contributed by atoms with Gasteiger partial charge in [-0.25, -0.2) is 13.6 Å². The summed E-state index contributed by atoms with van der Waals surface area (Å²) in [6, 6.07) is 8.77. The normalized spacial score (nSPS) is 13.7. The summed E-state index contributed by atoms with van der Waals surface area (Å²) in [6.45, 7) is -0.0274. The van der Waals surface area contributed by atoms with Crippen LogP contribution in [0.5, 0.6) is 5.75 Å². The maximum atomic E-state index is 13.6. The molecule has 0 spiro atoms. The predicted molar refractivity (Wildman–Crippen MR) is 85.7 cm³/mol. The number of hydrogen-bond acceptors (Lipinski definition) is 2. The van der Waals surface area contributed by atoms with Crippen molar-refractivity contribution in [3.63, 3.8) is 0 Å². The lowest BCUT2D eigenvalue weighted by atomic mass is 10.0. The summed E-state index contributed by atoms with van der Waals surface area (Å²) >= 11 is 0. The number of ether oxygens (including phenoxy) is 1. The average molecular weight is 330 g/mol. The van der Waals surface area contributed by atoms with Crippen LogP contribution in [0.4, 0.5) is 8.78 Å². The van der Waals surface area contributed by atoms with Gasteiger partial charge in [-0.3, -0.25) is 0 Å². The quantitative estimate of drug-likeness (QED) is 0.907. The van der Waals surface area contributed by atoms with Gasteiger partial charge in [0.25, 0.3) is 0 Å². The van der Waals surface area contributed by atoms with Gasteiger partial charge in [0.05, 0.1) is 0 Å². The first-order valence-electron chi connectivity index (χ1n) is 7.66. The molecule has 2 aromatic rings. The number of carboxylic acid groups (broad SMARTS) is 1. The number of hydrogen-bond donors (Lipinski definition) is 1. The fourth-order valence-electron chi connectivity index (χ4n) is 2.72. The molecule has 1 aliphatic rings. The monoisotopic (exact) mass is 330 g/mol. The van der Waals surface area contributed by atoms with Gasteiger partial charge in [-0.2, -0.15) is 0 Å². The molecule has 0 atom stereocenters. The Morgan fingerprint density at radius 1 is 1.12 bits per heavy atom. The molecule has 0 radical (unpaired) electrons. The fourth-order valence-corrected chi connectivity index (χ4v) is 2.72. The number of halogens is 2. The number of carbonyl (C=O) groups is 1. The lowest BCUT2D eigenvalue weighted by Gasteiger charge is -2.10. The number of rotatable bonds is 4.